The van der Waals surface area contributed by atoms with E-state index in [1.54, 1.807) is 12.1 Å². The first-order valence-electron chi connectivity index (χ1n) is 7.32. The molecular weight excluding hydrogens is 390 g/mol. The van der Waals surface area contributed by atoms with Crippen LogP contribution in [0.4, 0.5) is 5.69 Å². The monoisotopic (exact) mass is 403 g/mol. The van der Waals surface area contributed by atoms with Gasteiger partial charge in [0.25, 0.3) is 5.69 Å². The van der Waals surface area contributed by atoms with E-state index in [9.17, 15) is 10.1 Å². The highest BCUT2D eigenvalue weighted by Gasteiger charge is 2.30. The van der Waals surface area contributed by atoms with Crippen LogP contribution in [0.2, 0.25) is 0 Å². The van der Waals surface area contributed by atoms with Crippen molar-refractivity contribution in [1.82, 2.24) is 4.57 Å². The average molecular weight is 404 g/mol. The highest BCUT2D eigenvalue weighted by molar-refractivity contribution is 7.99. The van der Waals surface area contributed by atoms with E-state index in [0.717, 1.165) is 29.2 Å². The first-order valence-corrected chi connectivity index (χ1v) is 8.30. The van der Waals surface area contributed by atoms with Crippen LogP contribution in [0.1, 0.15) is 0 Å². The molecule has 0 saturated carbocycles. The number of rotatable bonds is 3. The summed E-state index contributed by atoms with van der Waals surface area (Å²) in [5.74, 6) is 1.06. The fourth-order valence-electron chi connectivity index (χ4n) is 2.85. The lowest BCUT2D eigenvalue weighted by molar-refractivity contribution is -0.721. The van der Waals surface area contributed by atoms with Crippen LogP contribution < -0.4 is 21.5 Å². The van der Waals surface area contributed by atoms with Crippen LogP contribution in [0.5, 0.6) is 0 Å². The van der Waals surface area contributed by atoms with Crippen LogP contribution in [0, 0.1) is 10.1 Å². The number of nitro groups is 1. The van der Waals surface area contributed by atoms with E-state index in [1.165, 1.54) is 11.1 Å². The SMILES string of the molecule is O=[N+]([O-])c1cccc(-n2c[n+]3c(c2-c2ccccc2)SCC3)c1.[Br-]. The van der Waals surface area contributed by atoms with Gasteiger partial charge < -0.3 is 17.0 Å². The molecule has 5 nitrogen and oxygen atoms in total. The molecule has 7 heteroatoms. The van der Waals surface area contributed by atoms with E-state index in [1.807, 2.05) is 46.9 Å². The Morgan fingerprint density at radius 1 is 1.12 bits per heavy atom. The van der Waals surface area contributed by atoms with Gasteiger partial charge in [0.1, 0.15) is 12.2 Å². The minimum atomic E-state index is -0.356. The van der Waals surface area contributed by atoms with E-state index in [2.05, 4.69) is 16.7 Å². The minimum absolute atomic E-state index is 0. The molecule has 2 heterocycles. The molecule has 2 aromatic carbocycles. The predicted octanol–water partition coefficient (Wildman–Crippen LogP) is 0.450. The van der Waals surface area contributed by atoms with Gasteiger partial charge >= 0.3 is 0 Å². The molecule has 1 aliphatic rings. The molecular formula is C17H14BrN3O2S. The normalized spacial score (nSPS) is 12.5. The zero-order valence-electron chi connectivity index (χ0n) is 12.6. The Labute approximate surface area is 153 Å². The summed E-state index contributed by atoms with van der Waals surface area (Å²) in [6.07, 6.45) is 2.04. The first-order chi connectivity index (χ1) is 11.2. The van der Waals surface area contributed by atoms with Gasteiger partial charge in [-0.3, -0.25) is 10.1 Å². The Hall–Kier alpha value is -2.12. The van der Waals surface area contributed by atoms with Crippen LogP contribution in [0.15, 0.2) is 66.0 Å². The van der Waals surface area contributed by atoms with Gasteiger partial charge in [0.05, 0.1) is 11.0 Å². The zero-order valence-corrected chi connectivity index (χ0v) is 15.0. The van der Waals surface area contributed by atoms with Gasteiger partial charge in [0.15, 0.2) is 5.69 Å². The van der Waals surface area contributed by atoms with Gasteiger partial charge in [-0.1, -0.05) is 48.2 Å². The smallest absolute Gasteiger partial charge is 0.273 e. The molecule has 4 rings (SSSR count). The average Bonchev–Trinajstić information content (AvgIpc) is 3.16. The van der Waals surface area contributed by atoms with E-state index >= 15 is 0 Å². The van der Waals surface area contributed by atoms with Gasteiger partial charge in [0, 0.05) is 17.4 Å². The van der Waals surface area contributed by atoms with Crippen molar-refractivity contribution in [2.24, 2.45) is 0 Å². The molecule has 0 aliphatic carbocycles. The van der Waals surface area contributed by atoms with E-state index in [-0.39, 0.29) is 27.6 Å². The minimum Gasteiger partial charge on any atom is -1.00 e. The van der Waals surface area contributed by atoms with Crippen molar-refractivity contribution in [1.29, 1.82) is 0 Å². The topological polar surface area (TPSA) is 52.0 Å². The lowest BCUT2D eigenvalue weighted by atomic mass is 10.1. The molecule has 0 spiro atoms. The van der Waals surface area contributed by atoms with Crippen molar-refractivity contribution in [3.8, 4) is 16.9 Å². The number of benzene rings is 2. The first kappa shape index (κ1) is 16.7. The third-order valence-corrected chi connectivity index (χ3v) is 4.98. The number of aryl methyl sites for hydroxylation is 1. The Morgan fingerprint density at radius 2 is 1.92 bits per heavy atom. The Kier molecular flexibility index (Phi) is 4.73. The number of hydrogen-bond donors (Lipinski definition) is 0. The third kappa shape index (κ3) is 2.85. The number of aromatic nitrogens is 2. The van der Waals surface area contributed by atoms with Gasteiger partial charge in [-0.25, -0.2) is 4.57 Å². The van der Waals surface area contributed by atoms with Gasteiger partial charge in [0.2, 0.25) is 11.4 Å². The summed E-state index contributed by atoms with van der Waals surface area (Å²) >= 11 is 1.82. The Bertz CT molecular complexity index is 896. The zero-order chi connectivity index (χ0) is 15.8. The van der Waals surface area contributed by atoms with E-state index < -0.39 is 0 Å². The van der Waals surface area contributed by atoms with Crippen LogP contribution in [0.3, 0.4) is 0 Å². The summed E-state index contributed by atoms with van der Waals surface area (Å²) in [5, 5.41) is 12.3. The second-order valence-electron chi connectivity index (χ2n) is 5.32. The fourth-order valence-corrected chi connectivity index (χ4v) is 3.99. The molecule has 0 unspecified atom stereocenters. The van der Waals surface area contributed by atoms with Crippen molar-refractivity contribution in [3.05, 3.63) is 71.0 Å². The number of nitrogens with zero attached hydrogens (tertiary/aromatic N) is 3. The number of hydrogen-bond acceptors (Lipinski definition) is 3. The summed E-state index contributed by atoms with van der Waals surface area (Å²) in [7, 11) is 0. The van der Waals surface area contributed by atoms with Crippen LogP contribution in [-0.4, -0.2) is 15.2 Å². The van der Waals surface area contributed by atoms with E-state index in [0.29, 0.717) is 0 Å². The number of fused-ring (bicyclic) bond motifs is 1. The molecule has 0 amide bonds. The largest absolute Gasteiger partial charge is 1.00 e. The Balaban J connectivity index is 0.00000169. The molecule has 0 radical (unpaired) electrons. The second-order valence-corrected chi connectivity index (χ2v) is 6.41. The number of thioether (sulfide) groups is 1. The highest BCUT2D eigenvalue weighted by atomic mass is 79.9. The van der Waals surface area contributed by atoms with Gasteiger partial charge in [-0.15, -0.1) is 0 Å². The van der Waals surface area contributed by atoms with Crippen molar-refractivity contribution >= 4 is 17.4 Å². The summed E-state index contributed by atoms with van der Waals surface area (Å²) in [5.41, 5.74) is 3.12. The maximum absolute atomic E-state index is 11.1. The number of nitro benzene ring substituents is 1. The molecule has 24 heavy (non-hydrogen) atoms. The maximum atomic E-state index is 11.1. The van der Waals surface area contributed by atoms with Crippen molar-refractivity contribution in [2.75, 3.05) is 5.75 Å². The maximum Gasteiger partial charge on any atom is 0.273 e. The van der Waals surface area contributed by atoms with Crippen molar-refractivity contribution < 1.29 is 26.5 Å². The van der Waals surface area contributed by atoms with Crippen LogP contribution in [-0.2, 0) is 6.54 Å². The fraction of sp³-hybridized carbons (Fsp3) is 0.118. The molecule has 3 aromatic rings. The molecule has 1 aromatic heterocycles. The van der Waals surface area contributed by atoms with Crippen molar-refractivity contribution in [2.45, 2.75) is 11.6 Å². The number of imidazole rings is 1. The standard InChI is InChI=1S/C17H14N3O2S.BrH/c21-20(22)15-8-4-7-14(11-15)19-12-18-9-10-23-17(18)16(19)13-5-2-1-3-6-13;/h1-8,11-12H,9-10H2;1H/q+1;/p-1. The van der Waals surface area contributed by atoms with Crippen LogP contribution >= 0.6 is 11.8 Å². The van der Waals surface area contributed by atoms with Crippen LogP contribution in [0.25, 0.3) is 16.9 Å². The quantitative estimate of drug-likeness (QED) is 0.362. The van der Waals surface area contributed by atoms with Crippen molar-refractivity contribution in [3.63, 3.8) is 0 Å². The van der Waals surface area contributed by atoms with E-state index in [4.69, 9.17) is 0 Å². The summed E-state index contributed by atoms with van der Waals surface area (Å²) in [6, 6.07) is 16.9. The summed E-state index contributed by atoms with van der Waals surface area (Å²) in [4.78, 5) is 10.7. The molecule has 0 saturated heterocycles. The molecule has 0 atom stereocenters. The second kappa shape index (κ2) is 6.78. The lowest BCUT2D eigenvalue weighted by Crippen LogP contribution is -3.00. The number of halogens is 1. The summed E-state index contributed by atoms with van der Waals surface area (Å²) in [6.45, 7) is 0.960. The molecule has 0 fully saturated rings. The lowest BCUT2D eigenvalue weighted by Gasteiger charge is -2.03. The third-order valence-electron chi connectivity index (χ3n) is 3.90. The van der Waals surface area contributed by atoms with Gasteiger partial charge in [-0.2, -0.15) is 4.57 Å². The molecule has 0 N–H and O–H groups in total. The van der Waals surface area contributed by atoms with Gasteiger partial charge in [-0.05, 0) is 6.07 Å². The molecule has 1 aliphatic heterocycles. The predicted molar refractivity (Wildman–Crippen MR) is 88.8 cm³/mol. The molecule has 122 valence electrons. The Morgan fingerprint density at radius 3 is 2.67 bits per heavy atom. The highest BCUT2D eigenvalue weighted by Crippen LogP contribution is 2.34. The summed E-state index contributed by atoms with van der Waals surface area (Å²) < 4.78 is 4.26. The number of non-ortho nitro benzene ring substituents is 1. The molecule has 0 bridgehead atoms.